The number of halogens is 3. The van der Waals surface area contributed by atoms with Crippen LogP contribution in [0.15, 0.2) is 24.3 Å². The standard InChI is InChI=1S/C16H21F3N2O3/c1-4-13(24-5-2)14(22)20-12-8-6-7-11(9-12)10-21(3)15(23)16(17,18)19/h6-9,13H,4-5,10H2,1-3H3,(H,20,22)/t13-/m0/s1. The van der Waals surface area contributed by atoms with Crippen molar-refractivity contribution in [1.29, 1.82) is 0 Å². The molecule has 0 spiro atoms. The molecule has 8 heteroatoms. The molecule has 0 aromatic heterocycles. The maximum atomic E-state index is 12.4. The number of carbonyl (C=O) groups is 2. The number of hydrogen-bond donors (Lipinski definition) is 1. The van der Waals surface area contributed by atoms with Gasteiger partial charge in [0.05, 0.1) is 0 Å². The van der Waals surface area contributed by atoms with Gasteiger partial charge in [-0.3, -0.25) is 9.59 Å². The van der Waals surface area contributed by atoms with Gasteiger partial charge in [0.2, 0.25) is 0 Å². The fourth-order valence-corrected chi connectivity index (χ4v) is 2.11. The van der Waals surface area contributed by atoms with E-state index in [1.807, 2.05) is 6.92 Å². The molecule has 134 valence electrons. The highest BCUT2D eigenvalue weighted by molar-refractivity contribution is 5.94. The minimum absolute atomic E-state index is 0.218. The van der Waals surface area contributed by atoms with Crippen LogP contribution in [0.25, 0.3) is 0 Å². The van der Waals surface area contributed by atoms with E-state index in [1.165, 1.54) is 6.07 Å². The molecule has 0 aliphatic carbocycles. The van der Waals surface area contributed by atoms with Gasteiger partial charge in [-0.1, -0.05) is 19.1 Å². The molecule has 0 radical (unpaired) electrons. The predicted octanol–water partition coefficient (Wildman–Crippen LogP) is 2.96. The van der Waals surface area contributed by atoms with Crippen LogP contribution in [0.4, 0.5) is 18.9 Å². The predicted molar refractivity (Wildman–Crippen MR) is 83.3 cm³/mol. The summed E-state index contributed by atoms with van der Waals surface area (Å²) in [5.74, 6) is -2.24. The molecule has 0 aliphatic rings. The summed E-state index contributed by atoms with van der Waals surface area (Å²) < 4.78 is 42.5. The Labute approximate surface area is 138 Å². The lowest BCUT2D eigenvalue weighted by Gasteiger charge is -2.19. The van der Waals surface area contributed by atoms with Gasteiger partial charge >= 0.3 is 12.1 Å². The lowest BCUT2D eigenvalue weighted by atomic mass is 10.1. The van der Waals surface area contributed by atoms with Crippen LogP contribution >= 0.6 is 0 Å². The second-order valence-corrected chi connectivity index (χ2v) is 5.20. The molecule has 0 bridgehead atoms. The van der Waals surface area contributed by atoms with Crippen molar-refractivity contribution in [3.8, 4) is 0 Å². The number of ether oxygens (including phenoxy) is 1. The summed E-state index contributed by atoms with van der Waals surface area (Å²) in [6, 6.07) is 6.32. The first-order valence-electron chi connectivity index (χ1n) is 7.52. The van der Waals surface area contributed by atoms with E-state index in [1.54, 1.807) is 25.1 Å². The second kappa shape index (κ2) is 8.68. The van der Waals surface area contributed by atoms with Crippen molar-refractivity contribution in [2.75, 3.05) is 19.0 Å². The van der Waals surface area contributed by atoms with Gasteiger partial charge in [-0.15, -0.1) is 0 Å². The molecule has 5 nitrogen and oxygen atoms in total. The number of rotatable bonds is 7. The normalized spacial score (nSPS) is 12.6. The van der Waals surface area contributed by atoms with E-state index < -0.39 is 18.2 Å². The van der Waals surface area contributed by atoms with Crippen LogP contribution in [0.1, 0.15) is 25.8 Å². The largest absolute Gasteiger partial charge is 0.471 e. The molecule has 1 rings (SSSR count). The van der Waals surface area contributed by atoms with Gasteiger partial charge in [0, 0.05) is 25.9 Å². The topological polar surface area (TPSA) is 58.6 Å². The van der Waals surface area contributed by atoms with Crippen molar-refractivity contribution in [2.45, 2.75) is 39.1 Å². The van der Waals surface area contributed by atoms with Gasteiger partial charge < -0.3 is 15.0 Å². The average molecular weight is 346 g/mol. The van der Waals surface area contributed by atoms with Crippen molar-refractivity contribution >= 4 is 17.5 Å². The van der Waals surface area contributed by atoms with Crippen LogP contribution in [0.2, 0.25) is 0 Å². The first-order valence-corrected chi connectivity index (χ1v) is 7.52. The average Bonchev–Trinajstić information content (AvgIpc) is 2.51. The first kappa shape index (κ1) is 20.0. The number of hydrogen-bond acceptors (Lipinski definition) is 3. The smallest absolute Gasteiger partial charge is 0.369 e. The summed E-state index contributed by atoms with van der Waals surface area (Å²) in [7, 11) is 1.07. The van der Waals surface area contributed by atoms with Gasteiger partial charge in [0.1, 0.15) is 6.10 Å². The number of amides is 2. The number of nitrogens with one attached hydrogen (secondary N) is 1. The summed E-state index contributed by atoms with van der Waals surface area (Å²) in [4.78, 5) is 23.8. The number of nitrogens with zero attached hydrogens (tertiary/aromatic N) is 1. The summed E-state index contributed by atoms with van der Waals surface area (Å²) >= 11 is 0. The Hall–Kier alpha value is -2.09. The molecular weight excluding hydrogens is 325 g/mol. The zero-order valence-electron chi connectivity index (χ0n) is 13.8. The summed E-state index contributed by atoms with van der Waals surface area (Å²) in [6.45, 7) is 3.78. The van der Waals surface area contributed by atoms with Crippen LogP contribution in [-0.4, -0.2) is 42.6 Å². The Kier molecular flexibility index (Phi) is 7.21. The Balaban J connectivity index is 2.77. The molecule has 1 N–H and O–H groups in total. The lowest BCUT2D eigenvalue weighted by molar-refractivity contribution is -0.184. The number of anilines is 1. The molecule has 1 atom stereocenters. The highest BCUT2D eigenvalue weighted by atomic mass is 19.4. The summed E-state index contributed by atoms with van der Waals surface area (Å²) in [5, 5.41) is 2.66. The molecular formula is C16H21F3N2O3. The molecule has 1 aromatic carbocycles. The van der Waals surface area contributed by atoms with Crippen molar-refractivity contribution in [3.05, 3.63) is 29.8 Å². The molecule has 0 fully saturated rings. The SMILES string of the molecule is CCO[C@@H](CC)C(=O)Nc1cccc(CN(C)C(=O)C(F)(F)F)c1. The Morgan fingerprint density at radius 1 is 1.29 bits per heavy atom. The van der Waals surface area contributed by atoms with E-state index in [9.17, 15) is 22.8 Å². The van der Waals surface area contributed by atoms with Gasteiger partial charge in [0.15, 0.2) is 0 Å². The molecule has 24 heavy (non-hydrogen) atoms. The number of alkyl halides is 3. The second-order valence-electron chi connectivity index (χ2n) is 5.20. The van der Waals surface area contributed by atoms with Gasteiger partial charge in [-0.25, -0.2) is 0 Å². The molecule has 0 aliphatic heterocycles. The Morgan fingerprint density at radius 2 is 1.96 bits per heavy atom. The van der Waals surface area contributed by atoms with Crippen LogP contribution < -0.4 is 5.32 Å². The number of carbonyl (C=O) groups excluding carboxylic acids is 2. The zero-order valence-corrected chi connectivity index (χ0v) is 13.8. The minimum atomic E-state index is -4.91. The maximum Gasteiger partial charge on any atom is 0.471 e. The van der Waals surface area contributed by atoms with Crippen LogP contribution in [0.3, 0.4) is 0 Å². The van der Waals surface area contributed by atoms with Gasteiger partial charge in [0.25, 0.3) is 5.91 Å². The van der Waals surface area contributed by atoms with E-state index in [0.717, 1.165) is 7.05 Å². The molecule has 0 saturated carbocycles. The third-order valence-electron chi connectivity index (χ3n) is 3.23. The van der Waals surface area contributed by atoms with Crippen molar-refractivity contribution in [3.63, 3.8) is 0 Å². The van der Waals surface area contributed by atoms with Gasteiger partial charge in [-0.2, -0.15) is 13.2 Å². The maximum absolute atomic E-state index is 12.4. The first-order chi connectivity index (χ1) is 11.2. The quantitative estimate of drug-likeness (QED) is 0.826. The minimum Gasteiger partial charge on any atom is -0.369 e. The third-order valence-corrected chi connectivity index (χ3v) is 3.23. The third kappa shape index (κ3) is 5.84. The zero-order chi connectivity index (χ0) is 18.3. The Morgan fingerprint density at radius 3 is 2.50 bits per heavy atom. The van der Waals surface area contributed by atoms with Crippen LogP contribution in [0, 0.1) is 0 Å². The van der Waals surface area contributed by atoms with E-state index in [2.05, 4.69) is 5.32 Å². The Bertz CT molecular complexity index is 576. The fraction of sp³-hybridized carbons (Fsp3) is 0.500. The highest BCUT2D eigenvalue weighted by Crippen LogP contribution is 2.20. The molecule has 2 amide bonds. The van der Waals surface area contributed by atoms with Crippen molar-refractivity contribution in [1.82, 2.24) is 4.90 Å². The van der Waals surface area contributed by atoms with Crippen LogP contribution in [0.5, 0.6) is 0 Å². The monoisotopic (exact) mass is 346 g/mol. The lowest BCUT2D eigenvalue weighted by Crippen LogP contribution is -2.37. The molecule has 0 saturated heterocycles. The van der Waals surface area contributed by atoms with E-state index in [0.29, 0.717) is 29.2 Å². The fourth-order valence-electron chi connectivity index (χ4n) is 2.11. The van der Waals surface area contributed by atoms with Gasteiger partial charge in [-0.05, 0) is 31.0 Å². The molecule has 0 unspecified atom stereocenters. The molecule has 0 heterocycles. The highest BCUT2D eigenvalue weighted by Gasteiger charge is 2.41. The summed E-state index contributed by atoms with van der Waals surface area (Å²) in [6.07, 6.45) is -5.00. The number of benzene rings is 1. The summed E-state index contributed by atoms with van der Waals surface area (Å²) in [5.41, 5.74) is 0.904. The van der Waals surface area contributed by atoms with E-state index >= 15 is 0 Å². The van der Waals surface area contributed by atoms with Crippen LogP contribution in [-0.2, 0) is 20.9 Å². The van der Waals surface area contributed by atoms with E-state index in [4.69, 9.17) is 4.74 Å². The molecule has 1 aromatic rings. The van der Waals surface area contributed by atoms with E-state index in [-0.39, 0.29) is 12.5 Å². The van der Waals surface area contributed by atoms with Crippen molar-refractivity contribution < 1.29 is 27.5 Å². The van der Waals surface area contributed by atoms with Crippen molar-refractivity contribution in [2.24, 2.45) is 0 Å².